The summed E-state index contributed by atoms with van der Waals surface area (Å²) in [6, 6.07) is 26.2. The number of para-hydroxylation sites is 1. The number of nitrogens with one attached hydrogen (secondary N) is 2. The number of hydrogen-bond acceptors (Lipinski definition) is 4. The number of amides is 3. The van der Waals surface area contributed by atoms with Crippen LogP contribution in [0.2, 0.25) is 0 Å². The van der Waals surface area contributed by atoms with Crippen molar-refractivity contribution in [2.24, 2.45) is 4.99 Å². The number of halogens is 3. The molecule has 4 aromatic carbocycles. The minimum atomic E-state index is -4.52. The zero-order valence-electron chi connectivity index (χ0n) is 22.4. The molecule has 212 valence electrons. The number of anilines is 2. The number of carbonyl (C=O) groups is 3. The number of ketones is 1. The van der Waals surface area contributed by atoms with Crippen molar-refractivity contribution in [1.29, 1.82) is 0 Å². The first-order chi connectivity index (χ1) is 20.1. The molecule has 1 atom stereocenters. The first-order valence-electron chi connectivity index (χ1n) is 13.0. The molecule has 0 aliphatic carbocycles. The van der Waals surface area contributed by atoms with Crippen LogP contribution in [-0.2, 0) is 11.0 Å². The summed E-state index contributed by atoms with van der Waals surface area (Å²) in [5, 5.41) is 4.98. The number of aryl methyl sites for hydroxylation is 1. The topological polar surface area (TPSA) is 90.9 Å². The lowest BCUT2D eigenvalue weighted by Crippen LogP contribution is -2.50. The third-order valence-corrected chi connectivity index (χ3v) is 6.74. The van der Waals surface area contributed by atoms with Gasteiger partial charge in [0.2, 0.25) is 6.17 Å². The fraction of sp³-hybridized carbons (Fsp3) is 0.125. The van der Waals surface area contributed by atoms with Crippen molar-refractivity contribution < 1.29 is 27.6 Å². The summed E-state index contributed by atoms with van der Waals surface area (Å²) < 4.78 is 38.8. The number of fused-ring (bicyclic) bond motifs is 1. The number of urea groups is 1. The molecule has 0 saturated carbocycles. The second-order valence-electron chi connectivity index (χ2n) is 9.60. The number of alkyl halides is 3. The van der Waals surface area contributed by atoms with Crippen LogP contribution in [0.3, 0.4) is 0 Å². The number of carbonyl (C=O) groups excluding carboxylic acids is 3. The van der Waals surface area contributed by atoms with E-state index >= 15 is 0 Å². The summed E-state index contributed by atoms with van der Waals surface area (Å²) in [5.41, 5.74) is 2.57. The normalized spacial score (nSPS) is 14.9. The minimum Gasteiger partial charge on any atom is -0.308 e. The molecule has 0 radical (unpaired) electrons. The number of hydrogen-bond donors (Lipinski definition) is 2. The first-order valence-corrected chi connectivity index (χ1v) is 13.0. The maximum Gasteiger partial charge on any atom is 0.416 e. The van der Waals surface area contributed by atoms with Crippen molar-refractivity contribution in [2.45, 2.75) is 19.3 Å². The quantitative estimate of drug-likeness (QED) is 0.270. The van der Waals surface area contributed by atoms with Crippen LogP contribution in [0, 0.1) is 6.92 Å². The van der Waals surface area contributed by atoms with Crippen molar-refractivity contribution >= 4 is 34.8 Å². The molecule has 1 aliphatic rings. The van der Waals surface area contributed by atoms with E-state index in [9.17, 15) is 27.6 Å². The molecule has 0 saturated heterocycles. The highest BCUT2D eigenvalue weighted by molar-refractivity contribution is 6.21. The van der Waals surface area contributed by atoms with Gasteiger partial charge in [0.1, 0.15) is 0 Å². The summed E-state index contributed by atoms with van der Waals surface area (Å²) in [7, 11) is 0. The second kappa shape index (κ2) is 11.7. The Labute approximate surface area is 239 Å². The average molecular weight is 571 g/mol. The number of aliphatic imine (C=N–C) groups is 1. The molecule has 1 aliphatic heterocycles. The fourth-order valence-electron chi connectivity index (χ4n) is 4.66. The monoisotopic (exact) mass is 570 g/mol. The van der Waals surface area contributed by atoms with Gasteiger partial charge in [-0.2, -0.15) is 13.2 Å². The highest BCUT2D eigenvalue weighted by Crippen LogP contribution is 2.31. The molecule has 0 unspecified atom stereocenters. The van der Waals surface area contributed by atoms with Crippen LogP contribution in [0.15, 0.2) is 108 Å². The largest absolute Gasteiger partial charge is 0.416 e. The van der Waals surface area contributed by atoms with Gasteiger partial charge in [-0.3, -0.25) is 9.59 Å². The van der Waals surface area contributed by atoms with Crippen molar-refractivity contribution in [3.63, 3.8) is 0 Å². The standard InChI is InChI=1S/C32H25F3N4O3/c1-20-9-5-6-12-24(20)27(40)19-39-26-14-8-7-13-25(26)28(21-10-3-2-4-11-21)37-29(30(39)41)38-31(42)36-23-17-15-22(16-18-23)32(33,34)35/h2-18,29H,19H2,1H3,(H2,36,38,42)/t29-/m1/s1. The summed E-state index contributed by atoms with van der Waals surface area (Å²) in [4.78, 5) is 46.3. The van der Waals surface area contributed by atoms with Crippen LogP contribution in [0.25, 0.3) is 0 Å². The molecule has 0 fully saturated rings. The van der Waals surface area contributed by atoms with E-state index in [1.54, 1.807) is 49.4 Å². The van der Waals surface area contributed by atoms with Crippen molar-refractivity contribution in [2.75, 3.05) is 16.8 Å². The fourth-order valence-corrected chi connectivity index (χ4v) is 4.66. The summed E-state index contributed by atoms with van der Waals surface area (Å²) in [5.74, 6) is -0.953. The average Bonchev–Trinajstić information content (AvgIpc) is 3.08. The second-order valence-corrected chi connectivity index (χ2v) is 9.60. The molecule has 10 heteroatoms. The number of nitrogens with zero attached hydrogens (tertiary/aromatic N) is 2. The van der Waals surface area contributed by atoms with E-state index in [2.05, 4.69) is 15.6 Å². The Morgan fingerprint density at radius 3 is 2.19 bits per heavy atom. The van der Waals surface area contributed by atoms with Crippen LogP contribution >= 0.6 is 0 Å². The van der Waals surface area contributed by atoms with Crippen LogP contribution in [0.1, 0.15) is 32.6 Å². The first kappa shape index (κ1) is 28.3. The smallest absolute Gasteiger partial charge is 0.308 e. The molecule has 0 aromatic heterocycles. The van der Waals surface area contributed by atoms with E-state index < -0.39 is 29.8 Å². The maximum absolute atomic E-state index is 14.0. The lowest BCUT2D eigenvalue weighted by molar-refractivity contribution is -0.137. The van der Waals surface area contributed by atoms with Gasteiger partial charge in [-0.1, -0.05) is 72.8 Å². The third-order valence-electron chi connectivity index (χ3n) is 6.74. The zero-order chi connectivity index (χ0) is 29.9. The zero-order valence-corrected chi connectivity index (χ0v) is 22.4. The van der Waals surface area contributed by atoms with Crippen molar-refractivity contribution in [3.8, 4) is 0 Å². The van der Waals surface area contributed by atoms with Gasteiger partial charge in [-0.05, 0) is 42.8 Å². The number of Topliss-reactive ketones (excluding diaryl/α,β-unsaturated/α-hetero) is 1. The third kappa shape index (κ3) is 6.07. The van der Waals surface area contributed by atoms with E-state index in [-0.39, 0.29) is 18.0 Å². The molecule has 4 aromatic rings. The van der Waals surface area contributed by atoms with Gasteiger partial charge in [0.25, 0.3) is 5.91 Å². The molecule has 5 rings (SSSR count). The van der Waals surface area contributed by atoms with Gasteiger partial charge < -0.3 is 15.5 Å². The molecule has 7 nitrogen and oxygen atoms in total. The highest BCUT2D eigenvalue weighted by atomic mass is 19.4. The van der Waals surface area contributed by atoms with Crippen LogP contribution in [0.5, 0.6) is 0 Å². The van der Waals surface area contributed by atoms with E-state index in [0.29, 0.717) is 28.1 Å². The molecular formula is C32H25F3N4O3. The van der Waals surface area contributed by atoms with E-state index in [1.807, 2.05) is 36.4 Å². The Morgan fingerprint density at radius 2 is 1.50 bits per heavy atom. The van der Waals surface area contributed by atoms with Crippen LogP contribution in [-0.4, -0.2) is 36.1 Å². The molecule has 3 amide bonds. The Hall–Kier alpha value is -5.25. The van der Waals surface area contributed by atoms with Crippen molar-refractivity contribution in [1.82, 2.24) is 5.32 Å². The SMILES string of the molecule is Cc1ccccc1C(=O)CN1C(=O)[C@@H](NC(=O)Nc2ccc(C(F)(F)F)cc2)N=C(c2ccccc2)c2ccccc21. The maximum atomic E-state index is 14.0. The van der Waals surface area contributed by atoms with E-state index in [4.69, 9.17) is 0 Å². The lowest BCUT2D eigenvalue weighted by atomic mass is 9.99. The summed E-state index contributed by atoms with van der Waals surface area (Å²) >= 11 is 0. The molecule has 1 heterocycles. The van der Waals surface area contributed by atoms with Crippen LogP contribution < -0.4 is 15.5 Å². The van der Waals surface area contributed by atoms with Gasteiger partial charge >= 0.3 is 12.2 Å². The van der Waals surface area contributed by atoms with Crippen molar-refractivity contribution in [3.05, 3.63) is 131 Å². The molecule has 42 heavy (non-hydrogen) atoms. The predicted octanol–water partition coefficient (Wildman–Crippen LogP) is 6.23. The molecule has 2 N–H and O–H groups in total. The van der Waals surface area contributed by atoms with Gasteiger partial charge in [0.15, 0.2) is 5.78 Å². The van der Waals surface area contributed by atoms with Gasteiger partial charge in [-0.25, -0.2) is 9.79 Å². The Morgan fingerprint density at radius 1 is 0.857 bits per heavy atom. The summed E-state index contributed by atoms with van der Waals surface area (Å²) in [6.45, 7) is 1.50. The van der Waals surface area contributed by atoms with Gasteiger partial charge in [0.05, 0.1) is 23.5 Å². The van der Waals surface area contributed by atoms with Gasteiger partial charge in [0, 0.05) is 22.4 Å². The Kier molecular flexibility index (Phi) is 7.88. The molecule has 0 bridgehead atoms. The van der Waals surface area contributed by atoms with E-state index in [1.165, 1.54) is 4.90 Å². The predicted molar refractivity (Wildman–Crippen MR) is 154 cm³/mol. The van der Waals surface area contributed by atoms with E-state index in [0.717, 1.165) is 29.8 Å². The number of benzodiazepines with no additional fused rings is 1. The Balaban J connectivity index is 1.50. The Bertz CT molecular complexity index is 1670. The lowest BCUT2D eigenvalue weighted by Gasteiger charge is -2.25. The van der Waals surface area contributed by atoms with Crippen LogP contribution in [0.4, 0.5) is 29.3 Å². The molecule has 0 spiro atoms. The van der Waals surface area contributed by atoms with Gasteiger partial charge in [-0.15, -0.1) is 0 Å². The number of rotatable bonds is 6. The molecular weight excluding hydrogens is 545 g/mol. The minimum absolute atomic E-state index is 0.0868. The summed E-state index contributed by atoms with van der Waals surface area (Å²) in [6.07, 6.45) is -5.98. The number of benzene rings is 4. The highest BCUT2D eigenvalue weighted by Gasteiger charge is 2.35.